The average Bonchev–Trinajstić information content (AvgIpc) is 3.03. The molecule has 1 aromatic carbocycles. The third kappa shape index (κ3) is 5.72. The van der Waals surface area contributed by atoms with Crippen LogP contribution in [-0.4, -0.2) is 53.4 Å². The van der Waals surface area contributed by atoms with Crippen LogP contribution in [-0.2, 0) is 6.42 Å². The van der Waals surface area contributed by atoms with Crippen LogP contribution in [0.2, 0.25) is 0 Å². The smallest absolute Gasteiger partial charge is 0.319 e. The number of aromatic nitrogens is 2. The summed E-state index contributed by atoms with van der Waals surface area (Å²) < 4.78 is 6.16. The number of amides is 2. The topological polar surface area (TPSA) is 82.3 Å². The predicted octanol–water partition coefficient (Wildman–Crippen LogP) is 2.94. The number of likely N-dealkylation sites (tertiary alicyclic amines) is 1. The van der Waals surface area contributed by atoms with Crippen LogP contribution in [0.25, 0.3) is 0 Å². The molecule has 3 rings (SSSR count). The molecule has 2 aromatic rings. The third-order valence-corrected chi connectivity index (χ3v) is 4.75. The Morgan fingerprint density at radius 3 is 2.81 bits per heavy atom. The van der Waals surface area contributed by atoms with Crippen molar-refractivity contribution in [1.82, 2.24) is 20.4 Å². The van der Waals surface area contributed by atoms with Gasteiger partial charge in [0, 0.05) is 31.2 Å². The minimum atomic E-state index is -0.241. The van der Waals surface area contributed by atoms with Gasteiger partial charge in [0.05, 0.1) is 11.4 Å². The van der Waals surface area contributed by atoms with Gasteiger partial charge in [-0.1, -0.05) is 12.1 Å². The Balaban J connectivity index is 1.54. The summed E-state index contributed by atoms with van der Waals surface area (Å²) in [6.45, 7) is 5.99. The first-order valence-electron chi connectivity index (χ1n) is 9.52. The van der Waals surface area contributed by atoms with Crippen LogP contribution in [0.3, 0.4) is 0 Å². The van der Waals surface area contributed by atoms with Crippen LogP contribution in [0, 0.1) is 6.92 Å². The molecule has 1 atom stereocenters. The molecule has 1 saturated heterocycles. The molecule has 1 fully saturated rings. The number of ether oxygens (including phenoxy) is 1. The van der Waals surface area contributed by atoms with Gasteiger partial charge < -0.3 is 20.3 Å². The van der Waals surface area contributed by atoms with E-state index in [2.05, 4.69) is 32.8 Å². The summed E-state index contributed by atoms with van der Waals surface area (Å²) in [4.78, 5) is 14.7. The van der Waals surface area contributed by atoms with Gasteiger partial charge in [-0.2, -0.15) is 5.10 Å². The van der Waals surface area contributed by atoms with E-state index in [0.717, 1.165) is 43.1 Å². The minimum Gasteiger partial charge on any atom is -0.488 e. The van der Waals surface area contributed by atoms with Gasteiger partial charge in [0.15, 0.2) is 0 Å². The van der Waals surface area contributed by atoms with E-state index in [0.29, 0.717) is 12.1 Å². The molecule has 7 heteroatoms. The largest absolute Gasteiger partial charge is 0.488 e. The molecule has 0 spiro atoms. The van der Waals surface area contributed by atoms with Crippen LogP contribution in [0.15, 0.2) is 30.3 Å². The highest BCUT2D eigenvalue weighted by Gasteiger charge is 2.19. The Morgan fingerprint density at radius 1 is 1.37 bits per heavy atom. The maximum absolute atomic E-state index is 12.4. The summed E-state index contributed by atoms with van der Waals surface area (Å²) in [6.07, 6.45) is 2.86. The fraction of sp³-hybridized carbons (Fsp3) is 0.500. The van der Waals surface area contributed by atoms with Gasteiger partial charge in [-0.3, -0.25) is 5.10 Å². The molecule has 2 amide bonds. The zero-order valence-electron chi connectivity index (χ0n) is 16.3. The summed E-state index contributed by atoms with van der Waals surface area (Å²) >= 11 is 0. The number of hydrogen-bond donors (Lipinski definition) is 3. The molecule has 0 saturated carbocycles. The summed E-state index contributed by atoms with van der Waals surface area (Å²) in [5, 5.41) is 13.0. The molecule has 0 bridgehead atoms. The Morgan fingerprint density at radius 2 is 2.11 bits per heavy atom. The lowest BCUT2D eigenvalue weighted by Gasteiger charge is -2.29. The first kappa shape index (κ1) is 19.2. The van der Waals surface area contributed by atoms with Gasteiger partial charge in [0.2, 0.25) is 0 Å². The molecule has 1 aliphatic heterocycles. The Hall–Kier alpha value is -2.54. The van der Waals surface area contributed by atoms with E-state index in [9.17, 15) is 4.79 Å². The van der Waals surface area contributed by atoms with Gasteiger partial charge in [0.1, 0.15) is 11.9 Å². The Kier molecular flexibility index (Phi) is 6.34. The zero-order valence-corrected chi connectivity index (χ0v) is 16.3. The van der Waals surface area contributed by atoms with Crippen LogP contribution < -0.4 is 15.4 Å². The van der Waals surface area contributed by atoms with Crippen molar-refractivity contribution in [3.05, 3.63) is 41.7 Å². The van der Waals surface area contributed by atoms with Crippen molar-refractivity contribution in [2.45, 2.75) is 45.3 Å². The minimum absolute atomic E-state index is 0.0327. The highest BCUT2D eigenvalue weighted by Crippen LogP contribution is 2.27. The molecule has 7 nitrogen and oxygen atoms in total. The van der Waals surface area contributed by atoms with Gasteiger partial charge >= 0.3 is 6.03 Å². The van der Waals surface area contributed by atoms with E-state index in [1.54, 1.807) is 0 Å². The number of rotatable bonds is 6. The number of aryl methyl sites for hydroxylation is 1. The van der Waals surface area contributed by atoms with Crippen molar-refractivity contribution in [3.8, 4) is 5.75 Å². The normalized spacial score (nSPS) is 16.7. The molecule has 1 aromatic heterocycles. The Bertz CT molecular complexity index is 752. The van der Waals surface area contributed by atoms with Crippen LogP contribution >= 0.6 is 0 Å². The van der Waals surface area contributed by atoms with Crippen LogP contribution in [0.1, 0.15) is 31.2 Å². The van der Waals surface area contributed by atoms with E-state index >= 15 is 0 Å². The predicted molar refractivity (Wildman–Crippen MR) is 106 cm³/mol. The lowest BCUT2D eigenvalue weighted by Crippen LogP contribution is -2.38. The number of urea groups is 1. The maximum Gasteiger partial charge on any atom is 0.319 e. The number of benzene rings is 1. The van der Waals surface area contributed by atoms with Crippen molar-refractivity contribution in [2.24, 2.45) is 0 Å². The number of carbonyl (C=O) groups excluding carboxylic acids is 1. The summed E-state index contributed by atoms with van der Waals surface area (Å²) in [6, 6.07) is 9.31. The first-order valence-corrected chi connectivity index (χ1v) is 9.52. The average molecular weight is 371 g/mol. The number of anilines is 1. The number of carbonyl (C=O) groups is 1. The zero-order chi connectivity index (χ0) is 19.2. The van der Waals surface area contributed by atoms with E-state index in [1.807, 2.05) is 44.2 Å². The molecule has 146 valence electrons. The number of aromatic amines is 1. The third-order valence-electron chi connectivity index (χ3n) is 4.75. The van der Waals surface area contributed by atoms with Gasteiger partial charge in [-0.15, -0.1) is 0 Å². The van der Waals surface area contributed by atoms with Crippen LogP contribution in [0.4, 0.5) is 10.5 Å². The van der Waals surface area contributed by atoms with Gasteiger partial charge in [0.25, 0.3) is 0 Å². The Labute approximate surface area is 160 Å². The van der Waals surface area contributed by atoms with Crippen molar-refractivity contribution < 1.29 is 9.53 Å². The number of piperidine rings is 1. The molecular weight excluding hydrogens is 342 g/mol. The second-order valence-electron chi connectivity index (χ2n) is 7.36. The standard InChI is InChI=1S/C20H29N5O2/c1-14(12-16-13-15(2)23-24-16)21-20(26)22-18-6-4-5-7-19(18)27-17-8-10-25(3)11-9-17/h4-7,13-14,17H,8-12H2,1-3H3,(H,23,24)(H2,21,22,26). The summed E-state index contributed by atoms with van der Waals surface area (Å²) in [7, 11) is 2.13. The second kappa shape index (κ2) is 8.90. The number of H-pyrrole nitrogens is 1. The summed E-state index contributed by atoms with van der Waals surface area (Å²) in [5.74, 6) is 0.720. The van der Waals surface area contributed by atoms with E-state index in [1.165, 1.54) is 0 Å². The van der Waals surface area contributed by atoms with Crippen molar-refractivity contribution >= 4 is 11.7 Å². The SMILES string of the molecule is Cc1cc(CC(C)NC(=O)Nc2ccccc2OC2CCN(C)CC2)n[nH]1. The fourth-order valence-corrected chi connectivity index (χ4v) is 3.28. The number of nitrogens with one attached hydrogen (secondary N) is 3. The first-order chi connectivity index (χ1) is 13.0. The van der Waals surface area contributed by atoms with Crippen LogP contribution in [0.5, 0.6) is 5.75 Å². The fourth-order valence-electron chi connectivity index (χ4n) is 3.28. The molecule has 1 unspecified atom stereocenters. The van der Waals surface area contributed by atoms with E-state index in [-0.39, 0.29) is 18.2 Å². The lowest BCUT2D eigenvalue weighted by atomic mass is 10.1. The van der Waals surface area contributed by atoms with Crippen molar-refractivity contribution in [2.75, 3.05) is 25.5 Å². The van der Waals surface area contributed by atoms with Crippen molar-refractivity contribution in [3.63, 3.8) is 0 Å². The quantitative estimate of drug-likeness (QED) is 0.729. The molecular formula is C20H29N5O2. The molecule has 0 radical (unpaired) electrons. The molecule has 2 heterocycles. The highest BCUT2D eigenvalue weighted by atomic mass is 16.5. The monoisotopic (exact) mass is 371 g/mol. The summed E-state index contributed by atoms with van der Waals surface area (Å²) in [5.41, 5.74) is 2.64. The lowest BCUT2D eigenvalue weighted by molar-refractivity contribution is 0.115. The second-order valence-corrected chi connectivity index (χ2v) is 7.36. The van der Waals surface area contributed by atoms with Gasteiger partial charge in [-0.25, -0.2) is 4.79 Å². The number of nitrogens with zero attached hydrogens (tertiary/aromatic N) is 2. The molecule has 0 aliphatic carbocycles. The molecule has 27 heavy (non-hydrogen) atoms. The number of para-hydroxylation sites is 2. The highest BCUT2D eigenvalue weighted by molar-refractivity contribution is 5.91. The van der Waals surface area contributed by atoms with E-state index < -0.39 is 0 Å². The molecule has 1 aliphatic rings. The van der Waals surface area contributed by atoms with Gasteiger partial charge in [-0.05, 0) is 51.9 Å². The molecule has 3 N–H and O–H groups in total. The van der Waals surface area contributed by atoms with E-state index in [4.69, 9.17) is 4.74 Å². The van der Waals surface area contributed by atoms with Crippen molar-refractivity contribution in [1.29, 1.82) is 0 Å². The maximum atomic E-state index is 12.4. The number of hydrogen-bond acceptors (Lipinski definition) is 4.